The summed E-state index contributed by atoms with van der Waals surface area (Å²) in [6.45, 7) is 3.29. The van der Waals surface area contributed by atoms with Gasteiger partial charge in [0.25, 0.3) is 5.91 Å². The molecule has 0 bridgehead atoms. The van der Waals surface area contributed by atoms with Gasteiger partial charge in [0.1, 0.15) is 4.88 Å². The number of anilines is 1. The van der Waals surface area contributed by atoms with Crippen LogP contribution in [0, 0.1) is 6.92 Å². The third-order valence-electron chi connectivity index (χ3n) is 3.39. The minimum absolute atomic E-state index is 0.0344. The molecule has 0 atom stereocenters. The third kappa shape index (κ3) is 3.12. The van der Waals surface area contributed by atoms with Gasteiger partial charge in [-0.25, -0.2) is 17.7 Å². The predicted molar refractivity (Wildman–Crippen MR) is 79.9 cm³/mol. The van der Waals surface area contributed by atoms with Crippen LogP contribution < -0.4 is 4.31 Å². The average molecular weight is 317 g/mol. The number of carbonyl (C=O) groups excluding carboxylic acids is 1. The lowest BCUT2D eigenvalue weighted by Crippen LogP contribution is -2.35. The van der Waals surface area contributed by atoms with Crippen molar-refractivity contribution in [2.24, 2.45) is 0 Å². The lowest BCUT2D eigenvalue weighted by molar-refractivity contribution is 0.0728. The zero-order chi connectivity index (χ0) is 14.9. The Morgan fingerprint density at radius 2 is 1.90 bits per heavy atom. The van der Waals surface area contributed by atoms with Crippen molar-refractivity contribution >= 4 is 32.4 Å². The molecular formula is C12H19N3O3S2. The number of nitrogens with zero attached hydrogens (tertiary/aromatic N) is 3. The van der Waals surface area contributed by atoms with Gasteiger partial charge in [-0.05, 0) is 26.2 Å². The topological polar surface area (TPSA) is 70.6 Å². The van der Waals surface area contributed by atoms with E-state index in [-0.39, 0.29) is 5.91 Å². The Balaban J connectivity index is 2.25. The first-order valence-electron chi connectivity index (χ1n) is 6.51. The summed E-state index contributed by atoms with van der Waals surface area (Å²) in [7, 11) is -1.91. The highest BCUT2D eigenvalue weighted by atomic mass is 32.2. The van der Waals surface area contributed by atoms with E-state index in [4.69, 9.17) is 0 Å². The second-order valence-electron chi connectivity index (χ2n) is 4.99. The Hall–Kier alpha value is -1.15. The number of carbonyl (C=O) groups is 1. The smallest absolute Gasteiger partial charge is 0.265 e. The maximum Gasteiger partial charge on any atom is 0.265 e. The molecule has 0 aromatic carbocycles. The number of likely N-dealkylation sites (tertiary alicyclic amines) is 1. The van der Waals surface area contributed by atoms with Crippen LogP contribution in [0.1, 0.15) is 34.6 Å². The number of sulfonamides is 1. The summed E-state index contributed by atoms with van der Waals surface area (Å²) in [5, 5.41) is 0.338. The molecule has 0 radical (unpaired) electrons. The minimum atomic E-state index is -3.35. The molecule has 6 nitrogen and oxygen atoms in total. The lowest BCUT2D eigenvalue weighted by atomic mass is 10.1. The van der Waals surface area contributed by atoms with Crippen LogP contribution in [0.4, 0.5) is 5.13 Å². The molecule has 1 saturated heterocycles. The van der Waals surface area contributed by atoms with Crippen molar-refractivity contribution in [2.75, 3.05) is 30.7 Å². The molecule has 0 spiro atoms. The monoisotopic (exact) mass is 317 g/mol. The first-order chi connectivity index (χ1) is 9.30. The maximum atomic E-state index is 12.4. The van der Waals surface area contributed by atoms with Gasteiger partial charge in [-0.3, -0.25) is 4.79 Å². The molecule has 0 saturated carbocycles. The van der Waals surface area contributed by atoms with Crippen molar-refractivity contribution < 1.29 is 13.2 Å². The Morgan fingerprint density at radius 3 is 2.45 bits per heavy atom. The van der Waals surface area contributed by atoms with Gasteiger partial charge in [-0.15, -0.1) is 0 Å². The second-order valence-corrected chi connectivity index (χ2v) is 7.99. The number of amides is 1. The fourth-order valence-electron chi connectivity index (χ4n) is 2.10. The van der Waals surface area contributed by atoms with Crippen LogP contribution in [-0.2, 0) is 10.0 Å². The van der Waals surface area contributed by atoms with Gasteiger partial charge in [0.05, 0.1) is 11.9 Å². The van der Waals surface area contributed by atoms with E-state index in [2.05, 4.69) is 4.98 Å². The molecular weight excluding hydrogens is 298 g/mol. The fraction of sp³-hybridized carbons (Fsp3) is 0.667. The van der Waals surface area contributed by atoms with Crippen molar-refractivity contribution in [3.63, 3.8) is 0 Å². The zero-order valence-electron chi connectivity index (χ0n) is 11.9. The van der Waals surface area contributed by atoms with Crippen LogP contribution in [0.3, 0.4) is 0 Å². The van der Waals surface area contributed by atoms with Gasteiger partial charge in [-0.1, -0.05) is 11.3 Å². The summed E-state index contributed by atoms with van der Waals surface area (Å²) >= 11 is 1.14. The average Bonchev–Trinajstić information content (AvgIpc) is 2.79. The van der Waals surface area contributed by atoms with Crippen molar-refractivity contribution in [1.29, 1.82) is 0 Å². The van der Waals surface area contributed by atoms with E-state index >= 15 is 0 Å². The summed E-state index contributed by atoms with van der Waals surface area (Å²) in [4.78, 5) is 19.0. The maximum absolute atomic E-state index is 12.4. The van der Waals surface area contributed by atoms with E-state index in [1.54, 1.807) is 6.92 Å². The van der Waals surface area contributed by atoms with Crippen molar-refractivity contribution in [3.8, 4) is 0 Å². The van der Waals surface area contributed by atoms with E-state index in [1.807, 2.05) is 4.90 Å². The fourth-order valence-corrected chi connectivity index (χ4v) is 3.84. The highest BCUT2D eigenvalue weighted by Crippen LogP contribution is 2.28. The van der Waals surface area contributed by atoms with Crippen molar-refractivity contribution in [1.82, 2.24) is 9.88 Å². The van der Waals surface area contributed by atoms with E-state index < -0.39 is 10.0 Å². The molecule has 1 aromatic heterocycles. The zero-order valence-corrected chi connectivity index (χ0v) is 13.6. The quantitative estimate of drug-likeness (QED) is 0.846. The van der Waals surface area contributed by atoms with Crippen LogP contribution in [0.5, 0.6) is 0 Å². The highest BCUT2D eigenvalue weighted by Gasteiger charge is 2.25. The van der Waals surface area contributed by atoms with Crippen molar-refractivity contribution in [3.05, 3.63) is 10.6 Å². The molecule has 1 aliphatic rings. The Labute approximate surface area is 123 Å². The van der Waals surface area contributed by atoms with E-state index in [0.717, 1.165) is 54.2 Å². The molecule has 0 N–H and O–H groups in total. The number of rotatable bonds is 3. The summed E-state index contributed by atoms with van der Waals surface area (Å²) in [6, 6.07) is 0. The molecule has 2 heterocycles. The predicted octanol–water partition coefficient (Wildman–Crippen LogP) is 1.47. The van der Waals surface area contributed by atoms with Crippen LogP contribution in [-0.4, -0.2) is 50.6 Å². The molecule has 1 amide bonds. The number of thiazole rings is 1. The van der Waals surface area contributed by atoms with Gasteiger partial charge < -0.3 is 4.90 Å². The normalized spacial score (nSPS) is 16.2. The molecule has 2 rings (SSSR count). The standard InChI is InChI=1S/C12H19N3O3S2/c1-9-10(11(16)15-7-5-4-6-8-15)19-12(13-9)14(2)20(3,17)18/h4-8H2,1-3H3. The van der Waals surface area contributed by atoms with Gasteiger partial charge in [0, 0.05) is 20.1 Å². The lowest BCUT2D eigenvalue weighted by Gasteiger charge is -2.26. The summed E-state index contributed by atoms with van der Waals surface area (Å²) < 4.78 is 24.2. The van der Waals surface area contributed by atoms with E-state index in [0.29, 0.717) is 15.7 Å². The molecule has 1 aromatic rings. The Bertz CT molecular complexity index is 603. The Morgan fingerprint density at radius 1 is 1.30 bits per heavy atom. The largest absolute Gasteiger partial charge is 0.338 e. The van der Waals surface area contributed by atoms with Crippen molar-refractivity contribution in [2.45, 2.75) is 26.2 Å². The number of aromatic nitrogens is 1. The number of hydrogen-bond acceptors (Lipinski definition) is 5. The van der Waals surface area contributed by atoms with E-state index in [9.17, 15) is 13.2 Å². The van der Waals surface area contributed by atoms with Crippen LogP contribution >= 0.6 is 11.3 Å². The first-order valence-corrected chi connectivity index (χ1v) is 9.18. The SMILES string of the molecule is Cc1nc(N(C)S(C)(=O)=O)sc1C(=O)N1CCCCC1. The molecule has 1 aliphatic heterocycles. The van der Waals surface area contributed by atoms with Crippen LogP contribution in [0.2, 0.25) is 0 Å². The van der Waals surface area contributed by atoms with Gasteiger partial charge in [0.2, 0.25) is 10.0 Å². The van der Waals surface area contributed by atoms with Gasteiger partial charge >= 0.3 is 0 Å². The first kappa shape index (κ1) is 15.2. The summed E-state index contributed by atoms with van der Waals surface area (Å²) in [5.74, 6) is -0.0344. The molecule has 20 heavy (non-hydrogen) atoms. The summed E-state index contributed by atoms with van der Waals surface area (Å²) in [6.07, 6.45) is 4.34. The molecule has 0 aliphatic carbocycles. The van der Waals surface area contributed by atoms with Crippen LogP contribution in [0.15, 0.2) is 0 Å². The minimum Gasteiger partial charge on any atom is -0.338 e. The molecule has 1 fully saturated rings. The molecule has 0 unspecified atom stereocenters. The molecule has 112 valence electrons. The number of hydrogen-bond donors (Lipinski definition) is 0. The highest BCUT2D eigenvalue weighted by molar-refractivity contribution is 7.92. The number of piperidine rings is 1. The van der Waals surface area contributed by atoms with Gasteiger partial charge in [-0.2, -0.15) is 0 Å². The van der Waals surface area contributed by atoms with Crippen LogP contribution in [0.25, 0.3) is 0 Å². The van der Waals surface area contributed by atoms with E-state index in [1.165, 1.54) is 7.05 Å². The molecule has 8 heteroatoms. The summed E-state index contributed by atoms with van der Waals surface area (Å²) in [5.41, 5.74) is 0.594. The Kier molecular flexibility index (Phi) is 4.33. The second kappa shape index (κ2) is 5.69. The third-order valence-corrected chi connectivity index (χ3v) is 5.89. The number of aryl methyl sites for hydroxylation is 1. The van der Waals surface area contributed by atoms with Gasteiger partial charge in [0.15, 0.2) is 5.13 Å².